The molecule has 0 aliphatic rings. The van der Waals surface area contributed by atoms with Crippen molar-refractivity contribution in [2.45, 2.75) is 6.54 Å². The van der Waals surface area contributed by atoms with Gasteiger partial charge in [-0.25, -0.2) is 8.78 Å². The molecule has 2 rings (SSSR count). The summed E-state index contributed by atoms with van der Waals surface area (Å²) in [5, 5.41) is 12.1. The summed E-state index contributed by atoms with van der Waals surface area (Å²) < 4.78 is 27.1. The number of aromatic hydroxyl groups is 1. The van der Waals surface area contributed by atoms with Crippen molar-refractivity contribution in [1.82, 2.24) is 0 Å². The standard InChI is InChI=1S/C13H10BrF2NO/c14-11-2-1-3-12(16)13(11)17-7-8-4-9(15)6-10(18)5-8/h1-6,17-18H,7H2. The third kappa shape index (κ3) is 2.98. The van der Waals surface area contributed by atoms with E-state index >= 15 is 0 Å². The van der Waals surface area contributed by atoms with Crippen molar-refractivity contribution in [3.8, 4) is 5.75 Å². The largest absolute Gasteiger partial charge is 0.508 e. The smallest absolute Gasteiger partial charge is 0.147 e. The molecule has 0 fully saturated rings. The molecule has 0 atom stereocenters. The molecule has 0 amide bonds. The van der Waals surface area contributed by atoms with E-state index in [-0.39, 0.29) is 12.3 Å². The fourth-order valence-corrected chi connectivity index (χ4v) is 2.07. The molecule has 2 N–H and O–H groups in total. The van der Waals surface area contributed by atoms with Gasteiger partial charge in [-0.05, 0) is 45.8 Å². The van der Waals surface area contributed by atoms with Crippen LogP contribution in [-0.4, -0.2) is 5.11 Å². The topological polar surface area (TPSA) is 32.3 Å². The average Bonchev–Trinajstić information content (AvgIpc) is 2.27. The number of phenols is 1. The van der Waals surface area contributed by atoms with E-state index in [1.54, 1.807) is 12.1 Å². The highest BCUT2D eigenvalue weighted by molar-refractivity contribution is 9.10. The monoisotopic (exact) mass is 313 g/mol. The van der Waals surface area contributed by atoms with Crippen LogP contribution < -0.4 is 5.32 Å². The number of nitrogens with one attached hydrogen (secondary N) is 1. The van der Waals surface area contributed by atoms with Crippen LogP contribution in [0.25, 0.3) is 0 Å². The maximum absolute atomic E-state index is 13.5. The van der Waals surface area contributed by atoms with E-state index in [9.17, 15) is 13.9 Å². The summed E-state index contributed by atoms with van der Waals surface area (Å²) in [6.45, 7) is 0.213. The van der Waals surface area contributed by atoms with Gasteiger partial charge in [-0.1, -0.05) is 6.07 Å². The molecule has 0 heterocycles. The van der Waals surface area contributed by atoms with Gasteiger partial charge in [0.25, 0.3) is 0 Å². The molecular weight excluding hydrogens is 304 g/mol. The average molecular weight is 314 g/mol. The lowest BCUT2D eigenvalue weighted by molar-refractivity contribution is 0.468. The SMILES string of the molecule is Oc1cc(F)cc(CNc2c(F)cccc2Br)c1. The van der Waals surface area contributed by atoms with Crippen LogP contribution in [-0.2, 0) is 6.54 Å². The second-order valence-electron chi connectivity index (χ2n) is 3.77. The van der Waals surface area contributed by atoms with Crippen LogP contribution in [0.4, 0.5) is 14.5 Å². The van der Waals surface area contributed by atoms with E-state index in [1.165, 1.54) is 18.2 Å². The summed E-state index contributed by atoms with van der Waals surface area (Å²) >= 11 is 3.22. The molecule has 2 aromatic rings. The summed E-state index contributed by atoms with van der Waals surface area (Å²) in [5.41, 5.74) is 0.837. The Bertz CT molecular complexity index is 534. The summed E-state index contributed by atoms with van der Waals surface area (Å²) in [6, 6.07) is 8.33. The molecule has 0 unspecified atom stereocenters. The maximum Gasteiger partial charge on any atom is 0.147 e. The summed E-state index contributed by atoms with van der Waals surface area (Å²) in [5.74, 6) is -1.08. The Kier molecular flexibility index (Phi) is 3.81. The first-order chi connectivity index (χ1) is 8.56. The Morgan fingerprint density at radius 2 is 1.94 bits per heavy atom. The second kappa shape index (κ2) is 5.35. The van der Waals surface area contributed by atoms with Gasteiger partial charge in [-0.2, -0.15) is 0 Å². The van der Waals surface area contributed by atoms with Gasteiger partial charge < -0.3 is 10.4 Å². The molecular formula is C13H10BrF2NO. The molecule has 0 bridgehead atoms. The first-order valence-corrected chi connectivity index (χ1v) is 6.02. The lowest BCUT2D eigenvalue weighted by Gasteiger charge is -2.10. The van der Waals surface area contributed by atoms with E-state index in [1.807, 2.05) is 0 Å². The fraction of sp³-hybridized carbons (Fsp3) is 0.0769. The minimum absolute atomic E-state index is 0.153. The third-order valence-corrected chi connectivity index (χ3v) is 3.04. The van der Waals surface area contributed by atoms with Gasteiger partial charge in [-0.3, -0.25) is 0 Å². The van der Waals surface area contributed by atoms with Crippen molar-refractivity contribution < 1.29 is 13.9 Å². The van der Waals surface area contributed by atoms with Crippen LogP contribution in [0.5, 0.6) is 5.75 Å². The number of halogens is 3. The number of anilines is 1. The summed E-state index contributed by atoms with van der Waals surface area (Å²) in [7, 11) is 0. The molecule has 0 saturated heterocycles. The molecule has 0 radical (unpaired) electrons. The highest BCUT2D eigenvalue weighted by Gasteiger charge is 2.06. The van der Waals surface area contributed by atoms with Crippen LogP contribution in [0.1, 0.15) is 5.56 Å². The van der Waals surface area contributed by atoms with Crippen molar-refractivity contribution in [2.24, 2.45) is 0 Å². The van der Waals surface area contributed by atoms with Crippen molar-refractivity contribution in [3.63, 3.8) is 0 Å². The van der Waals surface area contributed by atoms with Gasteiger partial charge in [-0.15, -0.1) is 0 Å². The zero-order chi connectivity index (χ0) is 13.1. The highest BCUT2D eigenvalue weighted by Crippen LogP contribution is 2.26. The van der Waals surface area contributed by atoms with Crippen LogP contribution in [0.15, 0.2) is 40.9 Å². The molecule has 94 valence electrons. The van der Waals surface area contributed by atoms with E-state index in [0.29, 0.717) is 15.7 Å². The molecule has 0 spiro atoms. The number of rotatable bonds is 3. The quantitative estimate of drug-likeness (QED) is 0.896. The van der Waals surface area contributed by atoms with Crippen LogP contribution in [0.2, 0.25) is 0 Å². The minimum atomic E-state index is -0.528. The number of phenolic OH excluding ortho intramolecular Hbond substituents is 1. The summed E-state index contributed by atoms with van der Waals surface area (Å²) in [4.78, 5) is 0. The Labute approximate surface area is 111 Å². The van der Waals surface area contributed by atoms with Gasteiger partial charge in [0.15, 0.2) is 0 Å². The number of hydrogen-bond donors (Lipinski definition) is 2. The molecule has 2 aromatic carbocycles. The normalized spacial score (nSPS) is 10.4. The van der Waals surface area contributed by atoms with Crippen LogP contribution >= 0.6 is 15.9 Å². The zero-order valence-corrected chi connectivity index (χ0v) is 10.8. The van der Waals surface area contributed by atoms with E-state index in [0.717, 1.165) is 6.07 Å². The van der Waals surface area contributed by atoms with Gasteiger partial charge in [0, 0.05) is 17.1 Å². The molecule has 2 nitrogen and oxygen atoms in total. The molecule has 0 aliphatic carbocycles. The van der Waals surface area contributed by atoms with Crippen LogP contribution in [0.3, 0.4) is 0 Å². The number of hydrogen-bond acceptors (Lipinski definition) is 2. The summed E-state index contributed by atoms with van der Waals surface area (Å²) in [6.07, 6.45) is 0. The minimum Gasteiger partial charge on any atom is -0.508 e. The first kappa shape index (κ1) is 12.8. The second-order valence-corrected chi connectivity index (χ2v) is 4.62. The van der Waals surface area contributed by atoms with Gasteiger partial charge in [0.2, 0.25) is 0 Å². The highest BCUT2D eigenvalue weighted by atomic mass is 79.9. The Balaban J connectivity index is 2.16. The van der Waals surface area contributed by atoms with Crippen LogP contribution in [0, 0.1) is 11.6 Å². The van der Waals surface area contributed by atoms with E-state index in [2.05, 4.69) is 21.2 Å². The van der Waals surface area contributed by atoms with Crippen molar-refractivity contribution in [1.29, 1.82) is 0 Å². The third-order valence-electron chi connectivity index (χ3n) is 2.37. The lowest BCUT2D eigenvalue weighted by Crippen LogP contribution is -2.02. The Morgan fingerprint density at radius 1 is 1.17 bits per heavy atom. The predicted molar refractivity (Wildman–Crippen MR) is 69.5 cm³/mol. The number of para-hydroxylation sites is 1. The maximum atomic E-state index is 13.5. The van der Waals surface area contributed by atoms with Crippen molar-refractivity contribution >= 4 is 21.6 Å². The van der Waals surface area contributed by atoms with Gasteiger partial charge >= 0.3 is 0 Å². The van der Waals surface area contributed by atoms with Gasteiger partial charge in [0.1, 0.15) is 17.4 Å². The first-order valence-electron chi connectivity index (χ1n) is 5.22. The Morgan fingerprint density at radius 3 is 2.61 bits per heavy atom. The molecule has 0 aliphatic heterocycles. The molecule has 0 aromatic heterocycles. The van der Waals surface area contributed by atoms with E-state index in [4.69, 9.17) is 0 Å². The zero-order valence-electron chi connectivity index (χ0n) is 9.25. The Hall–Kier alpha value is -1.62. The fourth-order valence-electron chi connectivity index (χ4n) is 1.59. The van der Waals surface area contributed by atoms with Crippen molar-refractivity contribution in [2.75, 3.05) is 5.32 Å². The molecule has 0 saturated carbocycles. The van der Waals surface area contributed by atoms with E-state index < -0.39 is 11.6 Å². The van der Waals surface area contributed by atoms with Gasteiger partial charge in [0.05, 0.1) is 5.69 Å². The molecule has 18 heavy (non-hydrogen) atoms. The van der Waals surface area contributed by atoms with Crippen molar-refractivity contribution in [3.05, 3.63) is 58.1 Å². The number of benzene rings is 2. The lowest BCUT2D eigenvalue weighted by atomic mass is 10.2. The molecule has 5 heteroatoms. The predicted octanol–water partition coefficient (Wildman–Crippen LogP) is 4.05.